The summed E-state index contributed by atoms with van der Waals surface area (Å²) in [5, 5.41) is 4.08. The summed E-state index contributed by atoms with van der Waals surface area (Å²) in [5.74, 6) is 1.73. The first-order valence-corrected chi connectivity index (χ1v) is 11.1. The maximum Gasteiger partial charge on any atom is 0.228 e. The molecule has 1 aliphatic carbocycles. The third kappa shape index (κ3) is 4.22. The van der Waals surface area contributed by atoms with Crippen LogP contribution >= 0.6 is 36.0 Å². The van der Waals surface area contributed by atoms with Crippen LogP contribution in [-0.4, -0.2) is 59.5 Å². The molecule has 4 aliphatic rings. The van der Waals surface area contributed by atoms with Gasteiger partial charge in [-0.25, -0.2) is 4.40 Å². The van der Waals surface area contributed by atoms with Crippen molar-refractivity contribution in [1.29, 1.82) is 0 Å². The summed E-state index contributed by atoms with van der Waals surface area (Å²) in [4.78, 5) is 16.5. The second kappa shape index (κ2) is 8.72. The van der Waals surface area contributed by atoms with E-state index in [1.54, 1.807) is 11.9 Å². The maximum absolute atomic E-state index is 11.6. The monoisotopic (exact) mass is 450 g/mol. The predicted molar refractivity (Wildman–Crippen MR) is 123 cm³/mol. The normalized spacial score (nSPS) is 25.3. The highest BCUT2D eigenvalue weighted by Crippen LogP contribution is 2.36. The molecule has 5 rings (SSSR count). The number of piperazine rings is 1. The fraction of sp³-hybridized carbons (Fsp3) is 0.429. The minimum absolute atomic E-state index is 0. The van der Waals surface area contributed by atoms with Crippen molar-refractivity contribution < 1.29 is 4.79 Å². The summed E-state index contributed by atoms with van der Waals surface area (Å²) in [7, 11) is 0. The molecule has 8 heteroatoms. The van der Waals surface area contributed by atoms with E-state index in [4.69, 9.17) is 16.0 Å². The van der Waals surface area contributed by atoms with E-state index in [0.29, 0.717) is 17.6 Å². The number of rotatable bonds is 3. The Balaban J connectivity index is 0.00000205. The number of amides is 1. The predicted octanol–water partition coefficient (Wildman–Crippen LogP) is 3.59. The Kier molecular flexibility index (Phi) is 6.25. The van der Waals surface area contributed by atoms with Crippen molar-refractivity contribution in [3.05, 3.63) is 52.6 Å². The molecule has 5 nitrogen and oxygen atoms in total. The van der Waals surface area contributed by atoms with Gasteiger partial charge in [-0.15, -0.1) is 12.4 Å². The number of fused-ring (bicyclic) bond motifs is 2. The number of anilines is 1. The van der Waals surface area contributed by atoms with Crippen molar-refractivity contribution in [2.24, 2.45) is 10.3 Å². The first-order chi connectivity index (χ1) is 13.7. The molecule has 0 bridgehead atoms. The Bertz CT molecular complexity index is 893. The van der Waals surface area contributed by atoms with Crippen molar-refractivity contribution in [2.45, 2.75) is 18.1 Å². The molecular weight excluding hydrogens is 427 g/mol. The Morgan fingerprint density at radius 1 is 1.17 bits per heavy atom. The lowest BCUT2D eigenvalue weighted by Crippen LogP contribution is -2.50. The fourth-order valence-electron chi connectivity index (χ4n) is 4.33. The van der Waals surface area contributed by atoms with Crippen LogP contribution in [0, 0.1) is 5.92 Å². The lowest BCUT2D eigenvalue weighted by Gasteiger charge is -2.37. The zero-order valence-corrected chi connectivity index (χ0v) is 18.4. The van der Waals surface area contributed by atoms with E-state index < -0.39 is 0 Å². The molecule has 0 spiro atoms. The number of allylic oxidation sites excluding steroid dienone is 2. The van der Waals surface area contributed by atoms with Crippen molar-refractivity contribution in [2.75, 3.05) is 38.0 Å². The standard InChI is InChI=1S/C21H23ClN4OS.ClH/c22-17-13-18-15(12-20(27)23-18)11-14(17)5-6-25-7-9-26(10-8-25)21-16-3-1-2-4-19(16)28-24-21;/h1-4,11,13,16,19H,5-10,12H2,(H,23,27);1H. The Morgan fingerprint density at radius 2 is 1.97 bits per heavy atom. The summed E-state index contributed by atoms with van der Waals surface area (Å²) in [6.45, 7) is 5.13. The number of carbonyl (C=O) groups excluding carboxylic acids is 1. The highest BCUT2D eigenvalue weighted by Gasteiger charge is 2.34. The first-order valence-electron chi connectivity index (χ1n) is 9.84. The molecule has 1 saturated heterocycles. The van der Waals surface area contributed by atoms with Gasteiger partial charge in [0.15, 0.2) is 0 Å². The van der Waals surface area contributed by atoms with Crippen LogP contribution in [0.1, 0.15) is 11.1 Å². The minimum atomic E-state index is 0. The summed E-state index contributed by atoms with van der Waals surface area (Å²) < 4.78 is 4.76. The number of amidine groups is 1. The van der Waals surface area contributed by atoms with E-state index >= 15 is 0 Å². The van der Waals surface area contributed by atoms with Crippen LogP contribution in [0.2, 0.25) is 5.02 Å². The van der Waals surface area contributed by atoms with Gasteiger partial charge >= 0.3 is 0 Å². The van der Waals surface area contributed by atoms with Gasteiger partial charge in [0.2, 0.25) is 5.91 Å². The maximum atomic E-state index is 11.6. The van der Waals surface area contributed by atoms with Crippen LogP contribution in [0.4, 0.5) is 5.69 Å². The van der Waals surface area contributed by atoms with E-state index in [1.807, 2.05) is 6.07 Å². The van der Waals surface area contributed by atoms with Gasteiger partial charge in [-0.3, -0.25) is 9.69 Å². The average Bonchev–Trinajstić information content (AvgIpc) is 3.29. The molecule has 0 saturated carbocycles. The van der Waals surface area contributed by atoms with Crippen LogP contribution in [0.5, 0.6) is 0 Å². The molecule has 1 amide bonds. The van der Waals surface area contributed by atoms with Crippen LogP contribution in [-0.2, 0) is 17.6 Å². The van der Waals surface area contributed by atoms with Gasteiger partial charge in [-0.2, -0.15) is 0 Å². The number of nitrogens with one attached hydrogen (secondary N) is 1. The SMILES string of the molecule is Cl.O=C1Cc2cc(CCN3CCN(C4=NSC5C=CC=CC45)CC3)c(Cl)cc2N1. The molecule has 1 fully saturated rings. The zero-order chi connectivity index (χ0) is 19.1. The third-order valence-electron chi connectivity index (χ3n) is 5.94. The second-order valence-electron chi connectivity index (χ2n) is 7.72. The van der Waals surface area contributed by atoms with E-state index in [9.17, 15) is 4.79 Å². The number of carbonyl (C=O) groups is 1. The topological polar surface area (TPSA) is 47.9 Å². The summed E-state index contributed by atoms with van der Waals surface area (Å²) in [5.41, 5.74) is 3.07. The van der Waals surface area contributed by atoms with E-state index in [2.05, 4.69) is 45.5 Å². The highest BCUT2D eigenvalue weighted by atomic mass is 35.5. The Morgan fingerprint density at radius 3 is 2.79 bits per heavy atom. The van der Waals surface area contributed by atoms with Crippen molar-refractivity contribution in [3.8, 4) is 0 Å². The van der Waals surface area contributed by atoms with Gasteiger partial charge in [0.1, 0.15) is 5.84 Å². The van der Waals surface area contributed by atoms with Gasteiger partial charge < -0.3 is 10.2 Å². The molecule has 2 unspecified atom stereocenters. The smallest absolute Gasteiger partial charge is 0.228 e. The molecule has 3 aliphatic heterocycles. The molecule has 1 N–H and O–H groups in total. The number of nitrogens with zero attached hydrogens (tertiary/aromatic N) is 3. The van der Waals surface area contributed by atoms with E-state index in [-0.39, 0.29) is 18.3 Å². The Labute approximate surface area is 186 Å². The van der Waals surface area contributed by atoms with Crippen LogP contribution in [0.15, 0.2) is 40.8 Å². The van der Waals surface area contributed by atoms with Crippen LogP contribution in [0.3, 0.4) is 0 Å². The van der Waals surface area contributed by atoms with Gasteiger partial charge in [0, 0.05) is 43.4 Å². The van der Waals surface area contributed by atoms with E-state index in [1.165, 1.54) is 5.84 Å². The summed E-state index contributed by atoms with van der Waals surface area (Å²) in [6.07, 6.45) is 10.2. The number of hydrogen-bond acceptors (Lipinski definition) is 5. The lowest BCUT2D eigenvalue weighted by atomic mass is 9.98. The largest absolute Gasteiger partial charge is 0.356 e. The number of hydrogen-bond donors (Lipinski definition) is 1. The van der Waals surface area contributed by atoms with Crippen molar-refractivity contribution in [3.63, 3.8) is 0 Å². The number of halogens is 2. The summed E-state index contributed by atoms with van der Waals surface area (Å²) >= 11 is 8.14. The number of benzene rings is 1. The van der Waals surface area contributed by atoms with Crippen LogP contribution < -0.4 is 5.32 Å². The molecule has 1 aromatic rings. The molecular formula is C21H24Cl2N4OS. The van der Waals surface area contributed by atoms with Crippen molar-refractivity contribution in [1.82, 2.24) is 9.80 Å². The van der Waals surface area contributed by atoms with E-state index in [0.717, 1.165) is 61.0 Å². The zero-order valence-electron chi connectivity index (χ0n) is 16.0. The molecule has 3 heterocycles. The molecule has 2 atom stereocenters. The lowest BCUT2D eigenvalue weighted by molar-refractivity contribution is -0.115. The minimum Gasteiger partial charge on any atom is -0.356 e. The van der Waals surface area contributed by atoms with Gasteiger partial charge in [-0.05, 0) is 35.6 Å². The molecule has 0 radical (unpaired) electrons. The van der Waals surface area contributed by atoms with Gasteiger partial charge in [0.25, 0.3) is 0 Å². The molecule has 154 valence electrons. The Hall–Kier alpha value is -1.47. The molecule has 29 heavy (non-hydrogen) atoms. The second-order valence-corrected chi connectivity index (χ2v) is 9.06. The quantitative estimate of drug-likeness (QED) is 0.714. The molecule has 1 aromatic carbocycles. The fourth-order valence-corrected chi connectivity index (χ4v) is 5.56. The first kappa shape index (κ1) is 20.8. The van der Waals surface area contributed by atoms with Gasteiger partial charge in [0.05, 0.1) is 17.6 Å². The summed E-state index contributed by atoms with van der Waals surface area (Å²) in [6, 6.07) is 3.99. The van der Waals surface area contributed by atoms with Crippen molar-refractivity contribution >= 4 is 53.4 Å². The highest BCUT2D eigenvalue weighted by molar-refractivity contribution is 7.99. The van der Waals surface area contributed by atoms with Gasteiger partial charge in [-0.1, -0.05) is 42.0 Å². The average molecular weight is 451 g/mol. The van der Waals surface area contributed by atoms with Crippen LogP contribution in [0.25, 0.3) is 0 Å². The molecule has 0 aromatic heterocycles. The third-order valence-corrected chi connectivity index (χ3v) is 7.28.